The molecule has 0 spiro atoms. The molecule has 3 aromatic rings. The zero-order valence-corrected chi connectivity index (χ0v) is 12.8. The van der Waals surface area contributed by atoms with E-state index in [1.807, 2.05) is 36.4 Å². The molecule has 0 radical (unpaired) electrons. The van der Waals surface area contributed by atoms with Gasteiger partial charge in [0.25, 0.3) is 5.91 Å². The summed E-state index contributed by atoms with van der Waals surface area (Å²) in [4.78, 5) is 18.7. The van der Waals surface area contributed by atoms with Crippen molar-refractivity contribution in [1.82, 2.24) is 9.55 Å². The first-order valence-electron chi connectivity index (χ1n) is 7.13. The first kappa shape index (κ1) is 13.8. The summed E-state index contributed by atoms with van der Waals surface area (Å²) in [6, 6.07) is 15.0. The highest BCUT2D eigenvalue weighted by Gasteiger charge is 2.33. The number of halogens is 1. The number of anilines is 2. The number of nitrogens with zero attached hydrogens (tertiary/aromatic N) is 3. The van der Waals surface area contributed by atoms with Gasteiger partial charge in [-0.25, -0.2) is 4.98 Å². The number of hydrogen-bond donors (Lipinski definition) is 0. The lowest BCUT2D eigenvalue weighted by molar-refractivity contribution is -0.112. The van der Waals surface area contributed by atoms with Crippen molar-refractivity contribution in [1.29, 1.82) is 0 Å². The van der Waals surface area contributed by atoms with Gasteiger partial charge in [0.2, 0.25) is 0 Å². The van der Waals surface area contributed by atoms with E-state index in [0.717, 1.165) is 16.9 Å². The smallest absolute Gasteiger partial charge is 0.265 e. The predicted octanol–water partition coefficient (Wildman–Crippen LogP) is 4.21. The lowest BCUT2D eigenvalue weighted by atomic mass is 10.1. The summed E-state index contributed by atoms with van der Waals surface area (Å²) in [5.41, 5.74) is 3.12. The van der Waals surface area contributed by atoms with Gasteiger partial charge in [0.1, 0.15) is 0 Å². The summed E-state index contributed by atoms with van der Waals surface area (Å²) in [7, 11) is 0. The molecule has 1 aliphatic heterocycles. The maximum absolute atomic E-state index is 13.0. The monoisotopic (exact) mass is 321 g/mol. The van der Waals surface area contributed by atoms with E-state index in [9.17, 15) is 4.79 Å². The minimum absolute atomic E-state index is 0.0813. The zero-order chi connectivity index (χ0) is 15.8. The Morgan fingerprint density at radius 2 is 1.96 bits per heavy atom. The maximum Gasteiger partial charge on any atom is 0.265 e. The van der Waals surface area contributed by atoms with Crippen LogP contribution in [0.25, 0.3) is 11.8 Å². The van der Waals surface area contributed by atoms with Gasteiger partial charge >= 0.3 is 0 Å². The van der Waals surface area contributed by atoms with Crippen molar-refractivity contribution >= 4 is 40.7 Å². The summed E-state index contributed by atoms with van der Waals surface area (Å²) in [5, 5.41) is 0.597. The number of aromatic nitrogens is 2. The van der Waals surface area contributed by atoms with E-state index >= 15 is 0 Å². The van der Waals surface area contributed by atoms with E-state index in [4.69, 9.17) is 11.6 Å². The summed E-state index contributed by atoms with van der Waals surface area (Å²) >= 11 is 6.08. The highest BCUT2D eigenvalue weighted by Crippen LogP contribution is 2.41. The second kappa shape index (κ2) is 5.41. The quantitative estimate of drug-likeness (QED) is 0.663. The van der Waals surface area contributed by atoms with Gasteiger partial charge in [0.05, 0.1) is 23.3 Å². The van der Waals surface area contributed by atoms with Crippen LogP contribution >= 0.6 is 11.6 Å². The summed E-state index contributed by atoms with van der Waals surface area (Å²) < 4.78 is 1.77. The van der Waals surface area contributed by atoms with Crippen molar-refractivity contribution in [3.8, 4) is 0 Å². The van der Waals surface area contributed by atoms with Crippen LogP contribution < -0.4 is 4.90 Å². The first-order valence-corrected chi connectivity index (χ1v) is 7.50. The minimum atomic E-state index is -0.0813. The summed E-state index contributed by atoms with van der Waals surface area (Å²) in [5.74, 6) is -0.0813. The number of rotatable bonds is 2. The molecule has 23 heavy (non-hydrogen) atoms. The van der Waals surface area contributed by atoms with Gasteiger partial charge in [-0.3, -0.25) is 9.69 Å². The van der Waals surface area contributed by atoms with Gasteiger partial charge in [0.15, 0.2) is 0 Å². The number of carbonyl (C=O) groups excluding carboxylic acids is 1. The van der Waals surface area contributed by atoms with Crippen LogP contribution in [0.3, 0.4) is 0 Å². The third-order valence-corrected chi connectivity index (χ3v) is 3.97. The average Bonchev–Trinajstić information content (AvgIpc) is 3.15. The Kier molecular flexibility index (Phi) is 3.24. The number of imidazole rings is 1. The third kappa shape index (κ3) is 2.33. The van der Waals surface area contributed by atoms with Crippen molar-refractivity contribution in [3.05, 3.63) is 77.8 Å². The molecular weight excluding hydrogens is 310 g/mol. The molecule has 112 valence electrons. The molecule has 0 aliphatic carbocycles. The predicted molar refractivity (Wildman–Crippen MR) is 91.4 cm³/mol. The van der Waals surface area contributed by atoms with Crippen LogP contribution in [0, 0.1) is 0 Å². The van der Waals surface area contributed by atoms with Crippen LogP contribution in [0.15, 0.2) is 67.3 Å². The first-order chi connectivity index (χ1) is 11.2. The van der Waals surface area contributed by atoms with E-state index in [0.29, 0.717) is 10.6 Å². The Labute approximate surface area is 138 Å². The molecule has 1 aromatic heterocycles. The Bertz CT molecular complexity index is 916. The van der Waals surface area contributed by atoms with Crippen molar-refractivity contribution in [2.45, 2.75) is 0 Å². The average molecular weight is 322 g/mol. The molecule has 0 unspecified atom stereocenters. The number of hydrogen-bond acceptors (Lipinski definition) is 2. The normalized spacial score (nSPS) is 15.3. The molecule has 2 heterocycles. The number of fused-ring (bicyclic) bond motifs is 1. The topological polar surface area (TPSA) is 38.1 Å². The van der Waals surface area contributed by atoms with Crippen molar-refractivity contribution in [3.63, 3.8) is 0 Å². The van der Waals surface area contributed by atoms with Crippen LogP contribution in [0.1, 0.15) is 5.56 Å². The Morgan fingerprint density at radius 1 is 1.09 bits per heavy atom. The minimum Gasteiger partial charge on any atom is -0.312 e. The van der Waals surface area contributed by atoms with E-state index in [1.165, 1.54) is 0 Å². The third-order valence-electron chi connectivity index (χ3n) is 3.74. The van der Waals surface area contributed by atoms with Gasteiger partial charge in [-0.2, -0.15) is 0 Å². The van der Waals surface area contributed by atoms with Crippen LogP contribution in [0.4, 0.5) is 11.4 Å². The van der Waals surface area contributed by atoms with Gasteiger partial charge in [-0.15, -0.1) is 0 Å². The van der Waals surface area contributed by atoms with E-state index in [-0.39, 0.29) is 5.91 Å². The van der Waals surface area contributed by atoms with E-state index in [2.05, 4.69) is 4.98 Å². The van der Waals surface area contributed by atoms with Crippen molar-refractivity contribution < 1.29 is 4.79 Å². The molecule has 4 rings (SSSR count). The van der Waals surface area contributed by atoms with Crippen LogP contribution in [0.5, 0.6) is 0 Å². The fourth-order valence-electron chi connectivity index (χ4n) is 2.73. The Balaban J connectivity index is 1.88. The molecular formula is C18H12ClN3O. The highest BCUT2D eigenvalue weighted by molar-refractivity contribution is 6.37. The molecule has 2 aromatic carbocycles. The standard InChI is InChI=1S/C18H12ClN3O/c19-13-4-3-5-14(10-13)22-17-7-2-1-6-15(17)16(18(22)23)11-21-9-8-20-12-21/h1-12H. The Morgan fingerprint density at radius 3 is 2.74 bits per heavy atom. The molecule has 0 fully saturated rings. The molecule has 1 aliphatic rings. The molecule has 0 atom stereocenters. The highest BCUT2D eigenvalue weighted by atomic mass is 35.5. The molecule has 0 saturated carbocycles. The van der Waals surface area contributed by atoms with Crippen LogP contribution in [0.2, 0.25) is 5.02 Å². The molecule has 0 N–H and O–H groups in total. The second-order valence-corrected chi connectivity index (χ2v) is 5.63. The second-order valence-electron chi connectivity index (χ2n) is 5.19. The van der Waals surface area contributed by atoms with E-state index < -0.39 is 0 Å². The SMILES string of the molecule is O=C1C(=Cn2ccnc2)c2ccccc2N1c1cccc(Cl)c1. The van der Waals surface area contributed by atoms with Crippen LogP contribution in [-0.4, -0.2) is 15.5 Å². The van der Waals surface area contributed by atoms with E-state index in [1.54, 1.807) is 46.5 Å². The maximum atomic E-state index is 13.0. The van der Waals surface area contributed by atoms with Gasteiger partial charge < -0.3 is 4.57 Å². The van der Waals surface area contributed by atoms with Gasteiger partial charge in [-0.1, -0.05) is 35.9 Å². The number of benzene rings is 2. The lowest BCUT2D eigenvalue weighted by Crippen LogP contribution is -2.20. The number of amides is 1. The zero-order valence-electron chi connectivity index (χ0n) is 12.1. The van der Waals surface area contributed by atoms with Crippen molar-refractivity contribution in [2.24, 2.45) is 0 Å². The molecule has 1 amide bonds. The summed E-state index contributed by atoms with van der Waals surface area (Å²) in [6.45, 7) is 0. The van der Waals surface area contributed by atoms with Gasteiger partial charge in [0, 0.05) is 29.2 Å². The fourth-order valence-corrected chi connectivity index (χ4v) is 2.92. The molecule has 0 saturated heterocycles. The van der Waals surface area contributed by atoms with Crippen molar-refractivity contribution in [2.75, 3.05) is 4.90 Å². The number of carbonyl (C=O) groups is 1. The summed E-state index contributed by atoms with van der Waals surface area (Å²) in [6.07, 6.45) is 6.92. The fraction of sp³-hybridized carbons (Fsp3) is 0. The van der Waals surface area contributed by atoms with Crippen LogP contribution in [-0.2, 0) is 4.79 Å². The molecule has 5 heteroatoms. The molecule has 4 nitrogen and oxygen atoms in total. The number of para-hydroxylation sites is 1. The van der Waals surface area contributed by atoms with Gasteiger partial charge in [-0.05, 0) is 24.3 Å². The molecule has 0 bridgehead atoms. The largest absolute Gasteiger partial charge is 0.312 e. The lowest BCUT2D eigenvalue weighted by Gasteiger charge is -2.17. The Hall–Kier alpha value is -2.85.